The third-order valence-electron chi connectivity index (χ3n) is 4.77. The number of rotatable bonds is 4. The van der Waals surface area contributed by atoms with Gasteiger partial charge in [-0.1, -0.05) is 18.2 Å². The molecule has 2 heterocycles. The van der Waals surface area contributed by atoms with Gasteiger partial charge in [-0.15, -0.1) is 5.10 Å². The van der Waals surface area contributed by atoms with E-state index in [1.54, 1.807) is 6.92 Å². The van der Waals surface area contributed by atoms with Crippen molar-refractivity contribution in [2.45, 2.75) is 52.1 Å². The van der Waals surface area contributed by atoms with Gasteiger partial charge in [0.05, 0.1) is 11.4 Å². The Morgan fingerprint density at radius 1 is 1.12 bits per heavy atom. The fraction of sp³-hybridized carbons (Fsp3) is 0.474. The maximum Gasteiger partial charge on any atom is 0.361 e. The quantitative estimate of drug-likeness (QED) is 0.787. The maximum absolute atomic E-state index is 12.5. The van der Waals surface area contributed by atoms with Crippen molar-refractivity contribution in [3.63, 3.8) is 0 Å². The molecule has 2 atom stereocenters. The second kappa shape index (κ2) is 7.68. The fourth-order valence-electron chi connectivity index (χ4n) is 3.43. The lowest BCUT2D eigenvalue weighted by atomic mass is 9.97. The zero-order valence-electron chi connectivity index (χ0n) is 15.4. The van der Waals surface area contributed by atoms with Crippen LogP contribution in [0.1, 0.15) is 49.3 Å². The molecule has 0 N–H and O–H groups in total. The monoisotopic (exact) mass is 356 g/mol. The van der Waals surface area contributed by atoms with E-state index in [2.05, 4.69) is 10.2 Å². The molecule has 0 bridgehead atoms. The molecule has 1 aliphatic rings. The van der Waals surface area contributed by atoms with Crippen LogP contribution in [0.25, 0.3) is 5.69 Å². The molecule has 1 aromatic heterocycles. The average molecular weight is 356 g/mol. The summed E-state index contributed by atoms with van der Waals surface area (Å²) in [5, 5.41) is 8.46. The highest BCUT2D eigenvalue weighted by atomic mass is 16.5. The van der Waals surface area contributed by atoms with Crippen molar-refractivity contribution in [3.05, 3.63) is 41.7 Å². The molecule has 7 heteroatoms. The van der Waals surface area contributed by atoms with Gasteiger partial charge in [-0.3, -0.25) is 4.79 Å². The summed E-state index contributed by atoms with van der Waals surface area (Å²) in [6.45, 7) is 5.49. The van der Waals surface area contributed by atoms with Gasteiger partial charge >= 0.3 is 5.97 Å². The number of aryl methyl sites for hydroxylation is 1. The summed E-state index contributed by atoms with van der Waals surface area (Å²) in [7, 11) is 0. The van der Waals surface area contributed by atoms with Crippen LogP contribution in [0.3, 0.4) is 0 Å². The Kier molecular flexibility index (Phi) is 5.35. The number of ether oxygens (including phenoxy) is 1. The van der Waals surface area contributed by atoms with Crippen LogP contribution >= 0.6 is 0 Å². The summed E-state index contributed by atoms with van der Waals surface area (Å²) in [5.41, 5.74) is 1.34. The molecule has 2 aromatic rings. The van der Waals surface area contributed by atoms with Crippen LogP contribution in [0.15, 0.2) is 30.3 Å². The number of amides is 1. The lowest BCUT2D eigenvalue weighted by Crippen LogP contribution is -2.49. The molecule has 0 saturated carbocycles. The minimum Gasteiger partial charge on any atom is -0.451 e. The molecule has 1 amide bonds. The number of carbonyl (C=O) groups is 2. The van der Waals surface area contributed by atoms with Crippen molar-refractivity contribution in [2.75, 3.05) is 6.61 Å². The standard InChI is InChI=1S/C19H24N4O3/c1-13-8-7-9-14(2)22(13)17(24)12-26-19(25)18-15(3)20-23(21-18)16-10-5-4-6-11-16/h4-6,10-11,13-14H,7-9,12H2,1-3H3/t13-,14-/m1/s1. The van der Waals surface area contributed by atoms with Crippen LogP contribution < -0.4 is 0 Å². The molecular weight excluding hydrogens is 332 g/mol. The second-order valence-electron chi connectivity index (χ2n) is 6.77. The van der Waals surface area contributed by atoms with E-state index in [9.17, 15) is 9.59 Å². The summed E-state index contributed by atoms with van der Waals surface area (Å²) in [5.74, 6) is -0.790. The number of para-hydroxylation sites is 1. The third-order valence-corrected chi connectivity index (χ3v) is 4.77. The first-order valence-electron chi connectivity index (χ1n) is 8.95. The molecule has 7 nitrogen and oxygen atoms in total. The van der Waals surface area contributed by atoms with Gasteiger partial charge in [0.15, 0.2) is 12.3 Å². The Morgan fingerprint density at radius 3 is 2.42 bits per heavy atom. The van der Waals surface area contributed by atoms with Crippen LogP contribution in [-0.4, -0.2) is 50.5 Å². The van der Waals surface area contributed by atoms with Crippen LogP contribution in [-0.2, 0) is 9.53 Å². The summed E-state index contributed by atoms with van der Waals surface area (Å²) in [4.78, 5) is 28.0. The summed E-state index contributed by atoms with van der Waals surface area (Å²) >= 11 is 0. The molecular formula is C19H24N4O3. The Labute approximate surface area is 152 Å². The number of likely N-dealkylation sites (tertiary alicyclic amines) is 1. The highest BCUT2D eigenvalue weighted by molar-refractivity contribution is 5.90. The smallest absolute Gasteiger partial charge is 0.361 e. The van der Waals surface area contributed by atoms with Crippen molar-refractivity contribution in [1.82, 2.24) is 19.9 Å². The first-order chi connectivity index (χ1) is 12.5. The zero-order valence-corrected chi connectivity index (χ0v) is 15.4. The summed E-state index contributed by atoms with van der Waals surface area (Å²) < 4.78 is 5.22. The molecule has 1 aromatic carbocycles. The van der Waals surface area contributed by atoms with Crippen molar-refractivity contribution in [2.24, 2.45) is 0 Å². The van der Waals surface area contributed by atoms with Crippen molar-refractivity contribution in [1.29, 1.82) is 0 Å². The molecule has 26 heavy (non-hydrogen) atoms. The van der Waals surface area contributed by atoms with Crippen LogP contribution in [0.4, 0.5) is 0 Å². The number of esters is 1. The number of hydrogen-bond acceptors (Lipinski definition) is 5. The topological polar surface area (TPSA) is 77.3 Å². The molecule has 1 aliphatic heterocycles. The Morgan fingerprint density at radius 2 is 1.77 bits per heavy atom. The summed E-state index contributed by atoms with van der Waals surface area (Å²) in [6, 6.07) is 9.66. The van der Waals surface area contributed by atoms with Crippen molar-refractivity contribution >= 4 is 11.9 Å². The predicted molar refractivity (Wildman–Crippen MR) is 96.0 cm³/mol. The van der Waals surface area contributed by atoms with Crippen LogP contribution in [0.2, 0.25) is 0 Å². The number of piperidine rings is 1. The number of nitrogens with zero attached hydrogens (tertiary/aromatic N) is 4. The van der Waals surface area contributed by atoms with Gasteiger partial charge < -0.3 is 9.64 Å². The minimum absolute atomic E-state index is 0.126. The van der Waals surface area contributed by atoms with Crippen molar-refractivity contribution < 1.29 is 14.3 Å². The van der Waals surface area contributed by atoms with Gasteiger partial charge in [0, 0.05) is 12.1 Å². The van der Waals surface area contributed by atoms with Gasteiger partial charge in [-0.05, 0) is 52.2 Å². The Bertz CT molecular complexity index is 777. The van der Waals surface area contributed by atoms with E-state index < -0.39 is 5.97 Å². The lowest BCUT2D eigenvalue weighted by molar-refractivity contribution is -0.140. The third kappa shape index (κ3) is 3.76. The van der Waals surface area contributed by atoms with E-state index in [4.69, 9.17) is 4.74 Å². The fourth-order valence-corrected chi connectivity index (χ4v) is 3.43. The van der Waals surface area contributed by atoms with Gasteiger partial charge in [-0.2, -0.15) is 9.90 Å². The van der Waals surface area contributed by atoms with Gasteiger partial charge in [0.25, 0.3) is 5.91 Å². The Balaban J connectivity index is 1.65. The first kappa shape index (κ1) is 18.1. The predicted octanol–water partition coefficient (Wildman–Crippen LogP) is 2.52. The van der Waals surface area contributed by atoms with E-state index in [1.807, 2.05) is 49.1 Å². The zero-order chi connectivity index (χ0) is 18.7. The van der Waals surface area contributed by atoms with Gasteiger partial charge in [-0.25, -0.2) is 4.79 Å². The van der Waals surface area contributed by atoms with Crippen LogP contribution in [0.5, 0.6) is 0 Å². The average Bonchev–Trinajstić information content (AvgIpc) is 3.02. The lowest BCUT2D eigenvalue weighted by Gasteiger charge is -2.38. The molecule has 0 unspecified atom stereocenters. The number of benzene rings is 1. The maximum atomic E-state index is 12.5. The minimum atomic E-state index is -0.629. The molecule has 3 rings (SSSR count). The highest BCUT2D eigenvalue weighted by Crippen LogP contribution is 2.22. The normalized spacial score (nSPS) is 20.0. The molecule has 0 spiro atoms. The van der Waals surface area contributed by atoms with E-state index in [-0.39, 0.29) is 30.3 Å². The van der Waals surface area contributed by atoms with E-state index in [0.717, 1.165) is 24.9 Å². The van der Waals surface area contributed by atoms with Crippen LogP contribution in [0, 0.1) is 6.92 Å². The highest BCUT2D eigenvalue weighted by Gasteiger charge is 2.30. The van der Waals surface area contributed by atoms with Gasteiger partial charge in [0.1, 0.15) is 0 Å². The summed E-state index contributed by atoms with van der Waals surface area (Å²) in [6.07, 6.45) is 3.08. The SMILES string of the molecule is Cc1nn(-c2ccccc2)nc1C(=O)OCC(=O)N1[C@H](C)CCC[C@H]1C. The molecule has 1 fully saturated rings. The number of carbonyl (C=O) groups excluding carboxylic acids is 2. The largest absolute Gasteiger partial charge is 0.451 e. The molecule has 1 saturated heterocycles. The number of hydrogen-bond donors (Lipinski definition) is 0. The molecule has 0 aliphatic carbocycles. The second-order valence-corrected chi connectivity index (χ2v) is 6.77. The molecule has 0 radical (unpaired) electrons. The Hall–Kier alpha value is -2.70. The first-order valence-corrected chi connectivity index (χ1v) is 8.95. The van der Waals surface area contributed by atoms with E-state index in [1.165, 1.54) is 4.80 Å². The van der Waals surface area contributed by atoms with E-state index >= 15 is 0 Å². The van der Waals surface area contributed by atoms with Crippen molar-refractivity contribution in [3.8, 4) is 5.69 Å². The molecule has 138 valence electrons. The van der Waals surface area contributed by atoms with Gasteiger partial charge in [0.2, 0.25) is 0 Å². The number of aromatic nitrogens is 3. The van der Waals surface area contributed by atoms with E-state index in [0.29, 0.717) is 5.69 Å².